The minimum absolute atomic E-state index is 0.124. The Balaban J connectivity index is 1.38. The fourth-order valence-corrected chi connectivity index (χ4v) is 7.12. The molecule has 3 aliphatic carbocycles. The second-order valence-corrected chi connectivity index (χ2v) is 11.6. The number of nitrogens with one attached hydrogen (secondary N) is 1. The summed E-state index contributed by atoms with van der Waals surface area (Å²) < 4.78 is 28.1. The molecule has 1 amide bonds. The van der Waals surface area contributed by atoms with Crippen LogP contribution in [-0.2, 0) is 52.3 Å². The zero-order valence-electron chi connectivity index (χ0n) is 16.1. The van der Waals surface area contributed by atoms with E-state index in [1.807, 2.05) is 5.38 Å². The van der Waals surface area contributed by atoms with E-state index in [9.17, 15) is 13.2 Å². The molecule has 1 fully saturated rings. The van der Waals surface area contributed by atoms with Crippen LogP contribution in [0.15, 0.2) is 21.7 Å². The average Bonchev–Trinajstić information content (AvgIpc) is 3.13. The Kier molecular flexibility index (Phi) is 4.22. The Morgan fingerprint density at radius 1 is 1.07 bits per heavy atom. The summed E-state index contributed by atoms with van der Waals surface area (Å²) >= 11 is 1.21. The van der Waals surface area contributed by atoms with Crippen LogP contribution in [0.3, 0.4) is 0 Å². The number of fused-ring (bicyclic) bond motifs is 2. The van der Waals surface area contributed by atoms with Crippen molar-refractivity contribution in [1.82, 2.24) is 4.72 Å². The number of sulfonamides is 1. The summed E-state index contributed by atoms with van der Waals surface area (Å²) in [5, 5.41) is 1.92. The summed E-state index contributed by atoms with van der Waals surface area (Å²) in [5.41, 5.74) is 7.64. The Hall–Kier alpha value is -1.66. The van der Waals surface area contributed by atoms with Gasteiger partial charge in [-0.3, -0.25) is 4.79 Å². The average molecular weight is 416 g/mol. The predicted octanol–water partition coefficient (Wildman–Crippen LogP) is 3.82. The van der Waals surface area contributed by atoms with E-state index in [2.05, 4.69) is 17.7 Å². The summed E-state index contributed by atoms with van der Waals surface area (Å²) in [6, 6.07) is 4.07. The molecular weight excluding hydrogens is 390 g/mol. The second kappa shape index (κ2) is 6.42. The van der Waals surface area contributed by atoms with Gasteiger partial charge in [0.2, 0.25) is 5.91 Å². The van der Waals surface area contributed by atoms with Gasteiger partial charge in [-0.1, -0.05) is 13.0 Å². The zero-order valence-corrected chi connectivity index (χ0v) is 17.8. The molecule has 1 heterocycles. The molecule has 5 rings (SSSR count). The van der Waals surface area contributed by atoms with Crippen molar-refractivity contribution >= 4 is 27.3 Å². The number of hydrogen-bond donors (Lipinski definition) is 1. The molecule has 2 aromatic rings. The van der Waals surface area contributed by atoms with Crippen molar-refractivity contribution in [3.8, 4) is 0 Å². The molecule has 0 spiro atoms. The van der Waals surface area contributed by atoms with Gasteiger partial charge in [0.15, 0.2) is 0 Å². The molecule has 1 aromatic carbocycles. The van der Waals surface area contributed by atoms with Gasteiger partial charge in [0.05, 0.1) is 6.42 Å². The van der Waals surface area contributed by atoms with Crippen LogP contribution in [0.25, 0.3) is 0 Å². The summed E-state index contributed by atoms with van der Waals surface area (Å²) in [4.78, 5) is 12.7. The smallest absolute Gasteiger partial charge is 0.273 e. The first-order valence-corrected chi connectivity index (χ1v) is 12.5. The van der Waals surface area contributed by atoms with Gasteiger partial charge in [0.25, 0.3) is 10.0 Å². The maximum atomic E-state index is 12.7. The van der Waals surface area contributed by atoms with E-state index in [0.29, 0.717) is 0 Å². The number of thiophene rings is 1. The summed E-state index contributed by atoms with van der Waals surface area (Å²) in [6.07, 6.45) is 8.78. The maximum absolute atomic E-state index is 12.7. The minimum Gasteiger partial charge on any atom is -0.274 e. The van der Waals surface area contributed by atoms with Crippen molar-refractivity contribution in [1.29, 1.82) is 0 Å². The molecule has 1 aromatic heterocycles. The Morgan fingerprint density at radius 3 is 2.32 bits per heavy atom. The lowest BCUT2D eigenvalue weighted by atomic mass is 9.92. The van der Waals surface area contributed by atoms with Gasteiger partial charge < -0.3 is 0 Å². The molecule has 0 bridgehead atoms. The number of benzene rings is 1. The van der Waals surface area contributed by atoms with Gasteiger partial charge in [-0.2, -0.15) is 0 Å². The first-order chi connectivity index (χ1) is 13.4. The Bertz CT molecular complexity index is 1050. The first kappa shape index (κ1) is 18.4. The van der Waals surface area contributed by atoms with Crippen molar-refractivity contribution in [3.63, 3.8) is 0 Å². The van der Waals surface area contributed by atoms with Crippen molar-refractivity contribution in [2.75, 3.05) is 0 Å². The van der Waals surface area contributed by atoms with E-state index in [4.69, 9.17) is 0 Å². The normalized spacial score (nSPS) is 19.3. The van der Waals surface area contributed by atoms with E-state index in [0.717, 1.165) is 62.5 Å². The minimum atomic E-state index is -3.80. The van der Waals surface area contributed by atoms with Crippen LogP contribution in [0.2, 0.25) is 0 Å². The van der Waals surface area contributed by atoms with E-state index in [1.165, 1.54) is 33.6 Å². The first-order valence-electron chi connectivity index (χ1n) is 10.2. The van der Waals surface area contributed by atoms with E-state index in [-0.39, 0.29) is 16.0 Å². The molecule has 6 heteroatoms. The fourth-order valence-electron chi connectivity index (χ4n) is 4.79. The number of carbonyl (C=O) groups is 1. The number of rotatable bonds is 5. The molecular formula is C22H25NO3S2. The molecule has 0 atom stereocenters. The molecule has 0 radical (unpaired) electrons. The second-order valence-electron chi connectivity index (χ2n) is 8.76. The molecule has 3 aliphatic rings. The van der Waals surface area contributed by atoms with Gasteiger partial charge >= 0.3 is 0 Å². The largest absolute Gasteiger partial charge is 0.274 e. The lowest BCUT2D eigenvalue weighted by molar-refractivity contribution is -0.118. The summed E-state index contributed by atoms with van der Waals surface area (Å²) in [7, 11) is -3.80. The fraction of sp³-hybridized carbons (Fsp3) is 0.500. The highest BCUT2D eigenvalue weighted by atomic mass is 32.2. The molecule has 1 N–H and O–H groups in total. The quantitative estimate of drug-likeness (QED) is 0.807. The van der Waals surface area contributed by atoms with Crippen molar-refractivity contribution < 1.29 is 13.2 Å². The van der Waals surface area contributed by atoms with Gasteiger partial charge in [-0.25, -0.2) is 13.1 Å². The third-order valence-electron chi connectivity index (χ3n) is 6.72. The predicted molar refractivity (Wildman–Crippen MR) is 110 cm³/mol. The Morgan fingerprint density at radius 2 is 1.71 bits per heavy atom. The van der Waals surface area contributed by atoms with Crippen LogP contribution in [0.1, 0.15) is 66.0 Å². The van der Waals surface area contributed by atoms with E-state index >= 15 is 0 Å². The standard InChI is InChI=1S/C22H25NO3S2/c1-22(8-9-22)16-11-21(27-13-16)28(25,26)23-20(24)12-19-17-6-2-4-14(17)10-15-5-3-7-18(15)19/h10-11,13H,2-9,12H2,1H3,(H,23,24). The monoisotopic (exact) mass is 415 g/mol. The number of aryl methyl sites for hydroxylation is 2. The van der Waals surface area contributed by atoms with Crippen LogP contribution < -0.4 is 4.72 Å². The van der Waals surface area contributed by atoms with Gasteiger partial charge in [-0.05, 0) is 102 Å². The van der Waals surface area contributed by atoms with Crippen LogP contribution >= 0.6 is 11.3 Å². The highest BCUT2D eigenvalue weighted by molar-refractivity contribution is 7.92. The molecule has 148 valence electrons. The van der Waals surface area contributed by atoms with Crippen LogP contribution in [0, 0.1) is 0 Å². The van der Waals surface area contributed by atoms with Crippen LogP contribution in [-0.4, -0.2) is 14.3 Å². The third kappa shape index (κ3) is 3.11. The lowest BCUT2D eigenvalue weighted by Gasteiger charge is -2.15. The SMILES string of the molecule is CC1(c2csc(S(=O)(=O)NC(=O)Cc3c4c(cc5c3CCC5)CCC4)c2)CC1. The van der Waals surface area contributed by atoms with Crippen LogP contribution in [0.5, 0.6) is 0 Å². The van der Waals surface area contributed by atoms with Crippen LogP contribution in [0.4, 0.5) is 0 Å². The van der Waals surface area contributed by atoms with Gasteiger partial charge in [-0.15, -0.1) is 11.3 Å². The van der Waals surface area contributed by atoms with Crippen molar-refractivity contribution in [2.45, 2.75) is 74.3 Å². The molecule has 1 saturated carbocycles. The Labute approximate surface area is 170 Å². The van der Waals surface area contributed by atoms with Crippen molar-refractivity contribution in [2.24, 2.45) is 0 Å². The molecule has 0 aliphatic heterocycles. The number of hydrogen-bond acceptors (Lipinski definition) is 4. The van der Waals surface area contributed by atoms with E-state index < -0.39 is 15.9 Å². The molecule has 0 saturated heterocycles. The number of amides is 1. The highest BCUT2D eigenvalue weighted by Crippen LogP contribution is 2.49. The topological polar surface area (TPSA) is 63.2 Å². The summed E-state index contributed by atoms with van der Waals surface area (Å²) in [6.45, 7) is 2.15. The van der Waals surface area contributed by atoms with Gasteiger partial charge in [0, 0.05) is 0 Å². The third-order valence-corrected chi connectivity index (χ3v) is 9.53. The molecule has 28 heavy (non-hydrogen) atoms. The number of carbonyl (C=O) groups excluding carboxylic acids is 1. The maximum Gasteiger partial charge on any atom is 0.273 e. The highest BCUT2D eigenvalue weighted by Gasteiger charge is 2.40. The van der Waals surface area contributed by atoms with E-state index in [1.54, 1.807) is 6.07 Å². The zero-order chi connectivity index (χ0) is 19.5. The van der Waals surface area contributed by atoms with Crippen molar-refractivity contribution in [3.05, 3.63) is 50.9 Å². The lowest BCUT2D eigenvalue weighted by Crippen LogP contribution is -2.32. The molecule has 0 unspecified atom stereocenters. The summed E-state index contributed by atoms with van der Waals surface area (Å²) in [5.74, 6) is -0.415. The molecule has 4 nitrogen and oxygen atoms in total. The van der Waals surface area contributed by atoms with Gasteiger partial charge in [0.1, 0.15) is 4.21 Å².